The Morgan fingerprint density at radius 1 is 1.21 bits per heavy atom. The highest BCUT2D eigenvalue weighted by atomic mass is 32.1. The minimum absolute atomic E-state index is 0.842. The number of aryl methyl sites for hydroxylation is 2. The second-order valence-electron chi connectivity index (χ2n) is 4.70. The fourth-order valence-electron chi connectivity index (χ4n) is 2.26. The van der Waals surface area contributed by atoms with E-state index in [4.69, 9.17) is 0 Å². The number of rotatable bonds is 4. The van der Waals surface area contributed by atoms with Crippen LogP contribution in [0.15, 0.2) is 35.8 Å². The second kappa shape index (κ2) is 5.15. The number of nitrogens with zero attached hydrogens (tertiary/aromatic N) is 2. The van der Waals surface area contributed by atoms with Crippen molar-refractivity contribution >= 4 is 17.0 Å². The molecule has 0 aromatic carbocycles. The quantitative estimate of drug-likeness (QED) is 0.789. The highest BCUT2D eigenvalue weighted by Gasteiger charge is 2.07. The number of pyridine rings is 1. The van der Waals surface area contributed by atoms with Gasteiger partial charge in [-0.15, -0.1) is 11.3 Å². The van der Waals surface area contributed by atoms with Crippen LogP contribution in [0, 0.1) is 13.8 Å². The number of hydrogen-bond donors (Lipinski definition) is 1. The Labute approximate surface area is 116 Å². The first-order valence-electron chi connectivity index (χ1n) is 6.42. The van der Waals surface area contributed by atoms with Gasteiger partial charge in [0, 0.05) is 24.2 Å². The van der Waals surface area contributed by atoms with E-state index in [0.717, 1.165) is 24.4 Å². The van der Waals surface area contributed by atoms with Gasteiger partial charge in [0.1, 0.15) is 5.65 Å². The number of imidazole rings is 1. The first-order valence-corrected chi connectivity index (χ1v) is 7.30. The molecule has 4 heteroatoms. The van der Waals surface area contributed by atoms with E-state index in [1.807, 2.05) is 29.5 Å². The first-order chi connectivity index (χ1) is 9.25. The normalized spacial score (nSPS) is 11.3. The minimum Gasteiger partial charge on any atom is -0.306 e. The highest BCUT2D eigenvalue weighted by Crippen LogP contribution is 2.16. The number of aromatic nitrogens is 2. The lowest BCUT2D eigenvalue weighted by Gasteiger charge is -2.05. The monoisotopic (exact) mass is 271 g/mol. The average Bonchev–Trinajstić information content (AvgIpc) is 2.94. The molecule has 0 aliphatic carbocycles. The molecule has 3 rings (SSSR count). The molecular weight excluding hydrogens is 254 g/mol. The van der Waals surface area contributed by atoms with Crippen LogP contribution in [0.25, 0.3) is 5.65 Å². The van der Waals surface area contributed by atoms with E-state index in [1.165, 1.54) is 16.1 Å². The van der Waals surface area contributed by atoms with E-state index in [0.29, 0.717) is 0 Å². The summed E-state index contributed by atoms with van der Waals surface area (Å²) in [6.07, 6.45) is 2.07. The Morgan fingerprint density at radius 3 is 2.89 bits per heavy atom. The molecule has 0 fully saturated rings. The third kappa shape index (κ3) is 2.41. The van der Waals surface area contributed by atoms with Gasteiger partial charge >= 0.3 is 0 Å². The molecule has 0 amide bonds. The molecule has 0 atom stereocenters. The summed E-state index contributed by atoms with van der Waals surface area (Å²) in [4.78, 5) is 5.98. The summed E-state index contributed by atoms with van der Waals surface area (Å²) in [5.74, 6) is 0. The van der Waals surface area contributed by atoms with Crippen molar-refractivity contribution in [3.63, 3.8) is 0 Å². The van der Waals surface area contributed by atoms with E-state index in [2.05, 4.69) is 46.2 Å². The molecule has 19 heavy (non-hydrogen) atoms. The first kappa shape index (κ1) is 12.4. The van der Waals surface area contributed by atoms with Crippen molar-refractivity contribution < 1.29 is 0 Å². The van der Waals surface area contributed by atoms with E-state index >= 15 is 0 Å². The number of thiophene rings is 1. The van der Waals surface area contributed by atoms with Crippen molar-refractivity contribution in [1.29, 1.82) is 0 Å². The van der Waals surface area contributed by atoms with Gasteiger partial charge < -0.3 is 9.72 Å². The van der Waals surface area contributed by atoms with Crippen molar-refractivity contribution in [2.45, 2.75) is 26.9 Å². The van der Waals surface area contributed by atoms with Crippen LogP contribution >= 0.6 is 11.3 Å². The Morgan fingerprint density at radius 2 is 2.11 bits per heavy atom. The van der Waals surface area contributed by atoms with Crippen molar-refractivity contribution in [3.8, 4) is 0 Å². The van der Waals surface area contributed by atoms with Crippen LogP contribution in [0.3, 0.4) is 0 Å². The van der Waals surface area contributed by atoms with Crippen LogP contribution in [0.5, 0.6) is 0 Å². The standard InChI is InChI=1S/C15H17N3S/c1-11-6-8-19-14(11)10-16-9-13-12(2)17-15-5-3-4-7-18(13)15/h3-8,16H,9-10H2,1-2H3. The zero-order valence-electron chi connectivity index (χ0n) is 11.2. The fraction of sp³-hybridized carbons (Fsp3) is 0.267. The van der Waals surface area contributed by atoms with E-state index in [-0.39, 0.29) is 0 Å². The summed E-state index contributed by atoms with van der Waals surface area (Å²) in [7, 11) is 0. The topological polar surface area (TPSA) is 29.3 Å². The predicted octanol–water partition coefficient (Wildman–Crippen LogP) is 3.30. The zero-order valence-corrected chi connectivity index (χ0v) is 12.0. The minimum atomic E-state index is 0.842. The SMILES string of the molecule is Cc1ccsc1CNCc1c(C)nc2ccccn12. The molecule has 0 saturated carbocycles. The van der Waals surface area contributed by atoms with Gasteiger partial charge in [-0.2, -0.15) is 0 Å². The van der Waals surface area contributed by atoms with Gasteiger partial charge in [-0.3, -0.25) is 0 Å². The number of nitrogens with one attached hydrogen (secondary N) is 1. The molecule has 3 heterocycles. The third-order valence-corrected chi connectivity index (χ3v) is 4.40. The van der Waals surface area contributed by atoms with Crippen molar-refractivity contribution in [2.75, 3.05) is 0 Å². The maximum atomic E-state index is 4.57. The molecule has 98 valence electrons. The molecule has 0 spiro atoms. The van der Waals surface area contributed by atoms with Gasteiger partial charge in [-0.25, -0.2) is 4.98 Å². The molecule has 1 N–H and O–H groups in total. The molecule has 0 bridgehead atoms. The van der Waals surface area contributed by atoms with Gasteiger partial charge in [0.25, 0.3) is 0 Å². The Bertz CT molecular complexity index is 696. The van der Waals surface area contributed by atoms with Crippen LogP contribution < -0.4 is 5.32 Å². The summed E-state index contributed by atoms with van der Waals surface area (Å²) >= 11 is 1.81. The lowest BCUT2D eigenvalue weighted by atomic mass is 10.3. The van der Waals surface area contributed by atoms with E-state index in [1.54, 1.807) is 0 Å². The Hall–Kier alpha value is -1.65. The summed E-state index contributed by atoms with van der Waals surface area (Å²) in [5, 5.41) is 5.66. The molecule has 3 aromatic heterocycles. The average molecular weight is 271 g/mol. The van der Waals surface area contributed by atoms with Crippen LogP contribution in [-0.4, -0.2) is 9.38 Å². The van der Waals surface area contributed by atoms with Gasteiger partial charge in [0.15, 0.2) is 0 Å². The predicted molar refractivity (Wildman–Crippen MR) is 79.5 cm³/mol. The summed E-state index contributed by atoms with van der Waals surface area (Å²) in [5.41, 5.74) is 4.72. The summed E-state index contributed by atoms with van der Waals surface area (Å²) in [6, 6.07) is 8.27. The zero-order chi connectivity index (χ0) is 13.2. The van der Waals surface area contributed by atoms with Crippen LogP contribution in [0.4, 0.5) is 0 Å². The maximum Gasteiger partial charge on any atom is 0.137 e. The lowest BCUT2D eigenvalue weighted by molar-refractivity contribution is 0.677. The van der Waals surface area contributed by atoms with Crippen LogP contribution in [0.1, 0.15) is 21.8 Å². The van der Waals surface area contributed by atoms with Gasteiger partial charge in [0.05, 0.1) is 11.4 Å². The van der Waals surface area contributed by atoms with Crippen molar-refractivity contribution in [1.82, 2.24) is 14.7 Å². The molecule has 0 unspecified atom stereocenters. The van der Waals surface area contributed by atoms with Gasteiger partial charge in [-0.05, 0) is 43.0 Å². The van der Waals surface area contributed by atoms with E-state index in [9.17, 15) is 0 Å². The van der Waals surface area contributed by atoms with E-state index < -0.39 is 0 Å². The van der Waals surface area contributed by atoms with Crippen LogP contribution in [0.2, 0.25) is 0 Å². The number of fused-ring (bicyclic) bond motifs is 1. The van der Waals surface area contributed by atoms with Crippen molar-refractivity contribution in [3.05, 3.63) is 57.7 Å². The van der Waals surface area contributed by atoms with Crippen LogP contribution in [-0.2, 0) is 13.1 Å². The summed E-state index contributed by atoms with van der Waals surface area (Å²) < 4.78 is 2.16. The molecule has 0 aliphatic rings. The van der Waals surface area contributed by atoms with Crippen molar-refractivity contribution in [2.24, 2.45) is 0 Å². The highest BCUT2D eigenvalue weighted by molar-refractivity contribution is 7.10. The molecule has 0 aliphatic heterocycles. The fourth-order valence-corrected chi connectivity index (χ4v) is 3.13. The maximum absolute atomic E-state index is 4.57. The largest absolute Gasteiger partial charge is 0.306 e. The van der Waals surface area contributed by atoms with Gasteiger partial charge in [-0.1, -0.05) is 6.07 Å². The van der Waals surface area contributed by atoms with Gasteiger partial charge in [0.2, 0.25) is 0 Å². The number of hydrogen-bond acceptors (Lipinski definition) is 3. The Kier molecular flexibility index (Phi) is 3.36. The third-order valence-electron chi connectivity index (χ3n) is 3.38. The smallest absolute Gasteiger partial charge is 0.137 e. The molecule has 0 radical (unpaired) electrons. The summed E-state index contributed by atoms with van der Waals surface area (Å²) in [6.45, 7) is 5.99. The molecular formula is C15H17N3S. The second-order valence-corrected chi connectivity index (χ2v) is 5.70. The molecule has 0 saturated heterocycles. The molecule has 3 aromatic rings. The lowest BCUT2D eigenvalue weighted by Crippen LogP contribution is -2.14. The Balaban J connectivity index is 1.75. The molecule has 3 nitrogen and oxygen atoms in total.